The molecule has 0 aromatic carbocycles. The summed E-state index contributed by atoms with van der Waals surface area (Å²) < 4.78 is 36.9. The van der Waals surface area contributed by atoms with Gasteiger partial charge in [0.1, 0.15) is 6.04 Å². The van der Waals surface area contributed by atoms with Gasteiger partial charge in [0.05, 0.1) is 0 Å². The van der Waals surface area contributed by atoms with E-state index in [0.717, 1.165) is 0 Å². The van der Waals surface area contributed by atoms with Crippen molar-refractivity contribution in [2.24, 2.45) is 0 Å². The molecule has 0 bridgehead atoms. The average molecular weight is 239 g/mol. The minimum atomic E-state index is -4.20. The Bertz CT molecular complexity index is 237. The summed E-state index contributed by atoms with van der Waals surface area (Å²) in [5, 5.41) is 7.54. The van der Waals surface area contributed by atoms with Gasteiger partial charge in [-0.3, -0.25) is 0 Å². The van der Waals surface area contributed by atoms with Crippen LogP contribution in [0.2, 0.25) is 0 Å². The fourth-order valence-electron chi connectivity index (χ4n) is 1.66. The summed E-state index contributed by atoms with van der Waals surface area (Å²) in [7, 11) is 0. The number of urea groups is 1. The van der Waals surface area contributed by atoms with E-state index < -0.39 is 12.2 Å². The zero-order valence-corrected chi connectivity index (χ0v) is 9.03. The molecule has 1 heterocycles. The molecule has 0 aliphatic carbocycles. The molecule has 0 saturated carbocycles. The lowest BCUT2D eigenvalue weighted by atomic mass is 10.0. The highest BCUT2D eigenvalue weighted by Crippen LogP contribution is 2.25. The maximum absolute atomic E-state index is 12.3. The van der Waals surface area contributed by atoms with Gasteiger partial charge in [0.2, 0.25) is 0 Å². The van der Waals surface area contributed by atoms with Gasteiger partial charge in [0.15, 0.2) is 0 Å². The third-order valence-corrected chi connectivity index (χ3v) is 2.48. The molecule has 0 radical (unpaired) electrons. The highest BCUT2D eigenvalue weighted by Gasteiger charge is 2.41. The summed E-state index contributed by atoms with van der Waals surface area (Å²) in [5.74, 6) is 0. The van der Waals surface area contributed by atoms with Gasteiger partial charge in [0.25, 0.3) is 0 Å². The van der Waals surface area contributed by atoms with E-state index in [1.807, 2.05) is 0 Å². The molecule has 3 N–H and O–H groups in total. The van der Waals surface area contributed by atoms with Crippen LogP contribution in [0.25, 0.3) is 0 Å². The van der Waals surface area contributed by atoms with Crippen LogP contribution in [0.15, 0.2) is 0 Å². The van der Waals surface area contributed by atoms with Crippen LogP contribution in [0, 0.1) is 0 Å². The van der Waals surface area contributed by atoms with Crippen molar-refractivity contribution < 1.29 is 18.0 Å². The largest absolute Gasteiger partial charge is 0.403 e. The molecule has 0 aromatic heterocycles. The van der Waals surface area contributed by atoms with Gasteiger partial charge >= 0.3 is 12.2 Å². The van der Waals surface area contributed by atoms with E-state index in [9.17, 15) is 18.0 Å². The number of carbonyl (C=O) groups excluding carboxylic acids is 1. The first-order valence-electron chi connectivity index (χ1n) is 5.28. The average Bonchev–Trinajstić information content (AvgIpc) is 2.17. The Balaban J connectivity index is 2.30. The van der Waals surface area contributed by atoms with E-state index in [0.29, 0.717) is 13.0 Å². The predicted molar refractivity (Wildman–Crippen MR) is 53.1 cm³/mol. The number of rotatable bonds is 2. The summed E-state index contributed by atoms with van der Waals surface area (Å²) in [6.07, 6.45) is -3.86. The van der Waals surface area contributed by atoms with E-state index in [-0.39, 0.29) is 25.0 Å². The molecule has 1 aliphatic rings. The molecule has 1 saturated heterocycles. The van der Waals surface area contributed by atoms with Crippen molar-refractivity contribution in [3.63, 3.8) is 0 Å². The second-order valence-corrected chi connectivity index (χ2v) is 3.78. The van der Waals surface area contributed by atoms with Gasteiger partial charge in [0, 0.05) is 19.1 Å². The Morgan fingerprint density at radius 1 is 1.44 bits per heavy atom. The Labute approximate surface area is 92.0 Å². The van der Waals surface area contributed by atoms with Crippen LogP contribution in [0.5, 0.6) is 0 Å². The van der Waals surface area contributed by atoms with Crippen molar-refractivity contribution in [1.82, 2.24) is 16.0 Å². The van der Waals surface area contributed by atoms with Crippen LogP contribution in [-0.2, 0) is 0 Å². The highest BCUT2D eigenvalue weighted by atomic mass is 19.4. The van der Waals surface area contributed by atoms with E-state index in [1.165, 1.54) is 0 Å². The summed E-state index contributed by atoms with van der Waals surface area (Å²) in [4.78, 5) is 11.1. The quantitative estimate of drug-likeness (QED) is 0.673. The van der Waals surface area contributed by atoms with Gasteiger partial charge < -0.3 is 16.0 Å². The van der Waals surface area contributed by atoms with Crippen molar-refractivity contribution in [2.75, 3.05) is 13.1 Å². The lowest BCUT2D eigenvalue weighted by molar-refractivity contribution is -0.160. The third kappa shape index (κ3) is 3.88. The van der Waals surface area contributed by atoms with Gasteiger partial charge in [-0.25, -0.2) is 4.79 Å². The predicted octanol–water partition coefficient (Wildman–Crippen LogP) is 0.988. The normalized spacial score (nSPS) is 26.2. The molecule has 0 spiro atoms. The Morgan fingerprint density at radius 3 is 2.56 bits per heavy atom. The number of halogens is 3. The molecular weight excluding hydrogens is 223 g/mol. The summed E-state index contributed by atoms with van der Waals surface area (Å²) >= 11 is 0. The lowest BCUT2D eigenvalue weighted by Gasteiger charge is -2.31. The highest BCUT2D eigenvalue weighted by molar-refractivity contribution is 5.74. The van der Waals surface area contributed by atoms with Gasteiger partial charge in [-0.05, 0) is 19.8 Å². The van der Waals surface area contributed by atoms with E-state index in [1.54, 1.807) is 6.92 Å². The van der Waals surface area contributed by atoms with Crippen molar-refractivity contribution >= 4 is 6.03 Å². The fourth-order valence-corrected chi connectivity index (χ4v) is 1.66. The van der Waals surface area contributed by atoms with Crippen LogP contribution in [0.1, 0.15) is 19.8 Å². The van der Waals surface area contributed by atoms with Crippen molar-refractivity contribution in [2.45, 2.75) is 38.0 Å². The van der Waals surface area contributed by atoms with Crippen LogP contribution in [-0.4, -0.2) is 37.4 Å². The first-order valence-corrected chi connectivity index (χ1v) is 5.28. The molecule has 1 fully saturated rings. The smallest absolute Gasteiger partial charge is 0.338 e. The van der Waals surface area contributed by atoms with Crippen LogP contribution in [0.4, 0.5) is 18.0 Å². The fraction of sp³-hybridized carbons (Fsp3) is 0.889. The molecule has 4 nitrogen and oxygen atoms in total. The summed E-state index contributed by atoms with van der Waals surface area (Å²) in [6, 6.07) is -2.01. The van der Waals surface area contributed by atoms with Crippen molar-refractivity contribution in [1.29, 1.82) is 0 Å². The number of piperidine rings is 1. The minimum Gasteiger partial charge on any atom is -0.338 e. The second-order valence-electron chi connectivity index (χ2n) is 3.78. The first kappa shape index (κ1) is 13.1. The number of alkyl halides is 3. The summed E-state index contributed by atoms with van der Waals surface area (Å²) in [6.45, 7) is 2.43. The zero-order chi connectivity index (χ0) is 12.2. The molecule has 16 heavy (non-hydrogen) atoms. The molecule has 1 rings (SSSR count). The third-order valence-electron chi connectivity index (χ3n) is 2.48. The number of nitrogens with one attached hydrogen (secondary N) is 3. The van der Waals surface area contributed by atoms with E-state index in [4.69, 9.17) is 0 Å². The summed E-state index contributed by atoms with van der Waals surface area (Å²) in [5.41, 5.74) is 0. The van der Waals surface area contributed by atoms with Gasteiger partial charge in [-0.15, -0.1) is 0 Å². The van der Waals surface area contributed by atoms with Crippen LogP contribution < -0.4 is 16.0 Å². The standard InChI is InChI=1S/C9H16F3N3O/c1-2-13-8(16)15-6-3-4-7(14-5-6)9(10,11)12/h6-7,14H,2-5H2,1H3,(H2,13,15,16). The molecule has 2 unspecified atom stereocenters. The lowest BCUT2D eigenvalue weighted by Crippen LogP contribution is -2.55. The van der Waals surface area contributed by atoms with Gasteiger partial charge in [-0.1, -0.05) is 0 Å². The molecule has 7 heteroatoms. The molecule has 1 aliphatic heterocycles. The number of amides is 2. The second kappa shape index (κ2) is 5.38. The zero-order valence-electron chi connectivity index (χ0n) is 9.03. The molecule has 0 aromatic rings. The molecule has 2 atom stereocenters. The molecule has 94 valence electrons. The van der Waals surface area contributed by atoms with Crippen LogP contribution >= 0.6 is 0 Å². The van der Waals surface area contributed by atoms with E-state index >= 15 is 0 Å². The Morgan fingerprint density at radius 2 is 2.12 bits per heavy atom. The Kier molecular flexibility index (Phi) is 4.40. The SMILES string of the molecule is CCNC(=O)NC1CCC(C(F)(F)F)NC1. The van der Waals surface area contributed by atoms with Crippen molar-refractivity contribution in [3.05, 3.63) is 0 Å². The van der Waals surface area contributed by atoms with Gasteiger partial charge in [-0.2, -0.15) is 13.2 Å². The number of carbonyl (C=O) groups is 1. The maximum Gasteiger partial charge on any atom is 0.403 e. The molecule has 2 amide bonds. The van der Waals surface area contributed by atoms with Crippen LogP contribution in [0.3, 0.4) is 0 Å². The molecular formula is C9H16F3N3O. The topological polar surface area (TPSA) is 53.2 Å². The number of hydrogen-bond donors (Lipinski definition) is 3. The number of hydrogen-bond acceptors (Lipinski definition) is 2. The maximum atomic E-state index is 12.3. The minimum absolute atomic E-state index is 0.000567. The van der Waals surface area contributed by atoms with E-state index in [2.05, 4.69) is 16.0 Å². The van der Waals surface area contributed by atoms with Crippen molar-refractivity contribution in [3.8, 4) is 0 Å². The monoisotopic (exact) mass is 239 g/mol. The Hall–Kier alpha value is -0.980. The first-order chi connectivity index (χ1) is 7.43.